The van der Waals surface area contributed by atoms with Crippen molar-refractivity contribution in [3.8, 4) is 5.88 Å². The minimum atomic E-state index is -4.44. The zero-order valence-corrected chi connectivity index (χ0v) is 24.5. The molecule has 1 fully saturated rings. The highest BCUT2D eigenvalue weighted by molar-refractivity contribution is 7.92. The van der Waals surface area contributed by atoms with Crippen molar-refractivity contribution >= 4 is 15.8 Å². The molecule has 4 rings (SSSR count). The summed E-state index contributed by atoms with van der Waals surface area (Å²) in [7, 11) is -0.694. The summed E-state index contributed by atoms with van der Waals surface area (Å²) < 4.78 is 94.7. The highest BCUT2D eigenvalue weighted by atomic mass is 32.2. The average Bonchev–Trinajstić information content (AvgIpc) is 2.95. The molecule has 0 spiro atoms. The van der Waals surface area contributed by atoms with E-state index in [1.807, 2.05) is 19.0 Å². The lowest BCUT2D eigenvalue weighted by molar-refractivity contribution is -0.137. The van der Waals surface area contributed by atoms with Gasteiger partial charge in [-0.05, 0) is 64.8 Å². The lowest BCUT2D eigenvalue weighted by Crippen LogP contribution is -2.46. The van der Waals surface area contributed by atoms with E-state index in [2.05, 4.69) is 15.0 Å². The molecule has 2 heterocycles. The molecule has 0 N–H and O–H groups in total. The quantitative estimate of drug-likeness (QED) is 0.229. The zero-order chi connectivity index (χ0) is 30.7. The molecule has 2 aromatic heterocycles. The Morgan fingerprint density at radius 2 is 1.88 bits per heavy atom. The van der Waals surface area contributed by atoms with E-state index in [0.717, 1.165) is 16.4 Å². The van der Waals surface area contributed by atoms with E-state index in [4.69, 9.17) is 9.47 Å². The molecule has 0 radical (unpaired) electrons. The molecule has 1 aliphatic rings. The van der Waals surface area contributed by atoms with Gasteiger partial charge in [0.05, 0.1) is 11.3 Å². The van der Waals surface area contributed by atoms with E-state index < -0.39 is 33.7 Å². The van der Waals surface area contributed by atoms with Crippen LogP contribution < -0.4 is 9.04 Å². The number of sulfonamides is 1. The highest BCUT2D eigenvalue weighted by Crippen LogP contribution is 2.39. The first-order chi connectivity index (χ1) is 19.8. The minimum absolute atomic E-state index is 0.0148. The van der Waals surface area contributed by atoms with Gasteiger partial charge in [0, 0.05) is 31.0 Å². The maximum atomic E-state index is 15.4. The summed E-state index contributed by atoms with van der Waals surface area (Å²) in [6.07, 6.45) is -0.961. The highest BCUT2D eigenvalue weighted by Gasteiger charge is 2.37. The van der Waals surface area contributed by atoms with Crippen molar-refractivity contribution < 1.29 is 35.5 Å². The van der Waals surface area contributed by atoms with Gasteiger partial charge in [-0.3, -0.25) is 0 Å². The standard InChI is InChI=1S/C28H33F4N5O4S/c1-5-40-17-37(26-11-12-33-16-34-26)42(38,39)25-15-22(29)27(35-18(25)2)41-24-10-9-20(14-23(24)36(3)4)19-7-6-8-21(13-19)28(30,31)32/h6-8,11-13,15-16,20,23-24H,5,9-10,14,17H2,1-4H3/t20-,23-,24-/m0/s1. The van der Waals surface area contributed by atoms with Gasteiger partial charge in [-0.15, -0.1) is 0 Å². The minimum Gasteiger partial charge on any atom is -0.471 e. The fourth-order valence-electron chi connectivity index (χ4n) is 5.08. The van der Waals surface area contributed by atoms with Gasteiger partial charge in [0.2, 0.25) is 0 Å². The van der Waals surface area contributed by atoms with Crippen LogP contribution in [0.3, 0.4) is 0 Å². The Balaban J connectivity index is 1.57. The molecule has 3 atom stereocenters. The maximum Gasteiger partial charge on any atom is 0.416 e. The third-order valence-corrected chi connectivity index (χ3v) is 9.10. The Kier molecular flexibility index (Phi) is 9.68. The molecule has 0 aliphatic heterocycles. The van der Waals surface area contributed by atoms with E-state index in [1.165, 1.54) is 37.6 Å². The van der Waals surface area contributed by atoms with Gasteiger partial charge in [0.25, 0.3) is 15.9 Å². The lowest BCUT2D eigenvalue weighted by atomic mass is 9.79. The largest absolute Gasteiger partial charge is 0.471 e. The first-order valence-electron chi connectivity index (χ1n) is 13.4. The zero-order valence-electron chi connectivity index (χ0n) is 23.7. The van der Waals surface area contributed by atoms with Gasteiger partial charge in [-0.25, -0.2) is 32.1 Å². The molecule has 42 heavy (non-hydrogen) atoms. The van der Waals surface area contributed by atoms with Gasteiger partial charge in [0.15, 0.2) is 5.82 Å². The van der Waals surface area contributed by atoms with Gasteiger partial charge >= 0.3 is 6.18 Å². The molecule has 14 heteroatoms. The van der Waals surface area contributed by atoms with Crippen molar-refractivity contribution in [1.82, 2.24) is 19.9 Å². The van der Waals surface area contributed by atoms with E-state index in [0.29, 0.717) is 24.8 Å². The predicted molar refractivity (Wildman–Crippen MR) is 147 cm³/mol. The maximum absolute atomic E-state index is 15.4. The van der Waals surface area contributed by atoms with Crippen molar-refractivity contribution in [3.05, 3.63) is 71.6 Å². The molecule has 0 bridgehead atoms. The number of nitrogens with zero attached hydrogens (tertiary/aromatic N) is 5. The molecule has 0 amide bonds. The number of ether oxygens (including phenoxy) is 2. The smallest absolute Gasteiger partial charge is 0.416 e. The fourth-order valence-corrected chi connectivity index (χ4v) is 6.56. The lowest BCUT2D eigenvalue weighted by Gasteiger charge is -2.39. The van der Waals surface area contributed by atoms with Crippen molar-refractivity contribution in [2.24, 2.45) is 0 Å². The van der Waals surface area contributed by atoms with Gasteiger partial charge in [-0.2, -0.15) is 13.2 Å². The Morgan fingerprint density at radius 3 is 2.52 bits per heavy atom. The van der Waals surface area contributed by atoms with E-state index in [1.54, 1.807) is 13.0 Å². The van der Waals surface area contributed by atoms with Crippen LogP contribution in [0.5, 0.6) is 5.88 Å². The number of aryl methyl sites for hydroxylation is 1. The van der Waals surface area contributed by atoms with Crippen LogP contribution in [0, 0.1) is 12.7 Å². The predicted octanol–water partition coefficient (Wildman–Crippen LogP) is 5.17. The van der Waals surface area contributed by atoms with Crippen LogP contribution in [0.4, 0.5) is 23.4 Å². The number of hydrogen-bond acceptors (Lipinski definition) is 8. The van der Waals surface area contributed by atoms with Gasteiger partial charge in [-0.1, -0.05) is 18.2 Å². The molecular weight excluding hydrogens is 578 g/mol. The molecule has 0 unspecified atom stereocenters. The number of pyridine rings is 1. The van der Waals surface area contributed by atoms with E-state index >= 15 is 4.39 Å². The summed E-state index contributed by atoms with van der Waals surface area (Å²) >= 11 is 0. The molecule has 228 valence electrons. The molecule has 3 aromatic rings. The average molecular weight is 612 g/mol. The van der Waals surface area contributed by atoms with Crippen LogP contribution in [-0.4, -0.2) is 67.8 Å². The Labute approximate surface area is 242 Å². The van der Waals surface area contributed by atoms with Crippen LogP contribution in [0.1, 0.15) is 48.9 Å². The number of benzene rings is 1. The molecule has 1 aliphatic carbocycles. The topological polar surface area (TPSA) is 97.8 Å². The molecule has 1 saturated carbocycles. The number of hydrogen-bond donors (Lipinski definition) is 0. The number of halogens is 4. The van der Waals surface area contributed by atoms with Crippen LogP contribution >= 0.6 is 0 Å². The second kappa shape index (κ2) is 12.9. The first-order valence-corrected chi connectivity index (χ1v) is 14.8. The summed E-state index contributed by atoms with van der Waals surface area (Å²) in [5.74, 6) is -1.41. The fraction of sp³-hybridized carbons (Fsp3) is 0.464. The van der Waals surface area contributed by atoms with Crippen molar-refractivity contribution in [3.63, 3.8) is 0 Å². The van der Waals surface area contributed by atoms with E-state index in [9.17, 15) is 21.6 Å². The van der Waals surface area contributed by atoms with Crippen LogP contribution in [0.15, 0.2) is 53.8 Å². The van der Waals surface area contributed by atoms with Gasteiger partial charge in [0.1, 0.15) is 29.9 Å². The monoisotopic (exact) mass is 611 g/mol. The normalized spacial score (nSPS) is 19.6. The van der Waals surface area contributed by atoms with E-state index in [-0.39, 0.29) is 47.6 Å². The van der Waals surface area contributed by atoms with Crippen LogP contribution in [-0.2, 0) is 20.9 Å². The first kappa shape index (κ1) is 31.6. The number of rotatable bonds is 10. The third kappa shape index (κ3) is 6.98. The molecule has 0 saturated heterocycles. The second-order valence-electron chi connectivity index (χ2n) is 10.2. The molecular formula is C28H33F4N5O4S. The number of anilines is 1. The number of likely N-dealkylation sites (N-methyl/N-ethyl adjacent to an activating group) is 1. The Bertz CT molecular complexity index is 1470. The SMILES string of the molecule is CCOCN(c1ccncn1)S(=O)(=O)c1cc(F)c(O[C@H]2CC[C@H](c3cccc(C(F)(F)F)c3)C[C@@H]2N(C)C)nc1C. The van der Waals surface area contributed by atoms with Crippen molar-refractivity contribution in [2.75, 3.05) is 31.7 Å². The summed E-state index contributed by atoms with van der Waals surface area (Å²) in [4.78, 5) is 13.5. The molecule has 9 nitrogen and oxygen atoms in total. The number of aromatic nitrogens is 3. The second-order valence-corrected chi connectivity index (χ2v) is 12.1. The summed E-state index contributed by atoms with van der Waals surface area (Å²) in [6, 6.07) is 7.32. The Hall–Kier alpha value is -3.36. The van der Waals surface area contributed by atoms with Crippen LogP contribution in [0.25, 0.3) is 0 Å². The summed E-state index contributed by atoms with van der Waals surface area (Å²) in [6.45, 7) is 3.02. The summed E-state index contributed by atoms with van der Waals surface area (Å²) in [5.41, 5.74) is -0.0952. The Morgan fingerprint density at radius 1 is 1.12 bits per heavy atom. The summed E-state index contributed by atoms with van der Waals surface area (Å²) in [5, 5.41) is 0. The molecule has 1 aromatic carbocycles. The van der Waals surface area contributed by atoms with Gasteiger partial charge < -0.3 is 14.4 Å². The van der Waals surface area contributed by atoms with Crippen molar-refractivity contribution in [2.45, 2.75) is 62.2 Å². The number of alkyl halides is 3. The van der Waals surface area contributed by atoms with Crippen LogP contribution in [0.2, 0.25) is 0 Å². The van der Waals surface area contributed by atoms with Crippen molar-refractivity contribution in [1.29, 1.82) is 0 Å². The third-order valence-electron chi connectivity index (χ3n) is 7.26.